The van der Waals surface area contributed by atoms with E-state index in [1.807, 2.05) is 0 Å². The number of nitrogens with one attached hydrogen (secondary N) is 1. The molecule has 0 bridgehead atoms. The highest BCUT2D eigenvalue weighted by molar-refractivity contribution is 7.79. The van der Waals surface area contributed by atoms with E-state index in [0.717, 1.165) is 50.2 Å². The molecule has 0 radical (unpaired) electrons. The number of amidine groups is 1. The summed E-state index contributed by atoms with van der Waals surface area (Å²) in [5.41, 5.74) is 3.06. The average molecular weight is 421 g/mol. The maximum Gasteiger partial charge on any atom is 0.145 e. The van der Waals surface area contributed by atoms with Crippen LogP contribution in [0.3, 0.4) is 0 Å². The summed E-state index contributed by atoms with van der Waals surface area (Å²) in [5, 5.41) is 8.66. The van der Waals surface area contributed by atoms with Crippen molar-refractivity contribution in [2.24, 2.45) is 15.7 Å². The summed E-state index contributed by atoms with van der Waals surface area (Å²) in [6, 6.07) is 0. The van der Waals surface area contributed by atoms with Crippen molar-refractivity contribution in [3.05, 3.63) is 24.4 Å². The Kier molecular flexibility index (Phi) is 9.52. The number of piperidine rings is 1. The Morgan fingerprint density at radius 3 is 2.10 bits per heavy atom. The Labute approximate surface area is 185 Å². The van der Waals surface area contributed by atoms with Crippen molar-refractivity contribution in [2.75, 3.05) is 19.6 Å². The topological polar surface area (TPSA) is 42.7 Å². The molecule has 1 fully saturated rings. The van der Waals surface area contributed by atoms with Gasteiger partial charge in [-0.15, -0.1) is 0 Å². The third-order valence-electron chi connectivity index (χ3n) is 6.17. The van der Waals surface area contributed by atoms with Crippen molar-refractivity contribution < 1.29 is 0 Å². The van der Waals surface area contributed by atoms with Gasteiger partial charge in [-0.1, -0.05) is 46.4 Å². The molecule has 0 aromatic carbocycles. The molecule has 0 aliphatic carbocycles. The Balaban J connectivity index is 2.89. The highest BCUT2D eigenvalue weighted by Gasteiger charge is 2.29. The van der Waals surface area contributed by atoms with Gasteiger partial charge >= 0.3 is 0 Å². The van der Waals surface area contributed by atoms with E-state index in [1.165, 1.54) is 12.0 Å². The van der Waals surface area contributed by atoms with Crippen LogP contribution in [0.5, 0.6) is 0 Å². The second-order valence-electron chi connectivity index (χ2n) is 10.3. The standard InChI is InChI=1S/C24H44N4S/c1-18(2)20(4)24(8,9)14-13-19(3)28(23(5,6)7)17-21(26-29)22(25)27-15-11-10-12-16-27/h18,25,29H,3-4,10-17H2,1-2,5-9H3/b25-22?,26-21-. The lowest BCUT2D eigenvalue weighted by Gasteiger charge is -2.41. The van der Waals surface area contributed by atoms with Crippen LogP contribution < -0.4 is 0 Å². The van der Waals surface area contributed by atoms with Gasteiger partial charge < -0.3 is 9.80 Å². The number of hydrogen-bond acceptors (Lipinski definition) is 4. The second-order valence-corrected chi connectivity index (χ2v) is 10.5. The van der Waals surface area contributed by atoms with Gasteiger partial charge in [0.1, 0.15) is 11.5 Å². The molecule has 166 valence electrons. The van der Waals surface area contributed by atoms with E-state index in [4.69, 9.17) is 5.41 Å². The van der Waals surface area contributed by atoms with Gasteiger partial charge in [-0.25, -0.2) is 4.40 Å². The minimum Gasteiger partial charge on any atom is -0.364 e. The molecular weight excluding hydrogens is 376 g/mol. The minimum absolute atomic E-state index is 0.0711. The van der Waals surface area contributed by atoms with Gasteiger partial charge in [0.25, 0.3) is 0 Å². The second kappa shape index (κ2) is 10.7. The fourth-order valence-electron chi connectivity index (χ4n) is 3.96. The molecule has 4 nitrogen and oxygen atoms in total. The maximum atomic E-state index is 8.66. The van der Waals surface area contributed by atoms with E-state index < -0.39 is 0 Å². The van der Waals surface area contributed by atoms with Crippen LogP contribution in [0.2, 0.25) is 0 Å². The van der Waals surface area contributed by atoms with Crippen LogP contribution in [0.25, 0.3) is 0 Å². The van der Waals surface area contributed by atoms with E-state index >= 15 is 0 Å². The van der Waals surface area contributed by atoms with E-state index in [1.54, 1.807) is 0 Å². The lowest BCUT2D eigenvalue weighted by Crippen LogP contribution is -2.48. The largest absolute Gasteiger partial charge is 0.364 e. The Morgan fingerprint density at radius 1 is 1.10 bits per heavy atom. The van der Waals surface area contributed by atoms with E-state index in [9.17, 15) is 0 Å². The predicted octanol–water partition coefficient (Wildman–Crippen LogP) is 6.37. The number of likely N-dealkylation sites (tertiary alicyclic amines) is 1. The average Bonchev–Trinajstić information content (AvgIpc) is 2.65. The molecule has 1 heterocycles. The minimum atomic E-state index is -0.109. The number of hydrogen-bond donors (Lipinski definition) is 2. The summed E-state index contributed by atoms with van der Waals surface area (Å²) >= 11 is 4.21. The van der Waals surface area contributed by atoms with Gasteiger partial charge in [0.05, 0.1) is 6.54 Å². The van der Waals surface area contributed by atoms with Crippen LogP contribution in [0.15, 0.2) is 28.8 Å². The molecule has 0 aromatic heterocycles. The summed E-state index contributed by atoms with van der Waals surface area (Å²) in [5.74, 6) is 0.986. The monoisotopic (exact) mass is 420 g/mol. The summed E-state index contributed by atoms with van der Waals surface area (Å²) < 4.78 is 4.21. The molecule has 0 aromatic rings. The van der Waals surface area contributed by atoms with E-state index in [0.29, 0.717) is 18.3 Å². The molecule has 1 N–H and O–H groups in total. The smallest absolute Gasteiger partial charge is 0.145 e. The summed E-state index contributed by atoms with van der Waals surface area (Å²) in [6.07, 6.45) is 5.44. The third kappa shape index (κ3) is 7.51. The van der Waals surface area contributed by atoms with Gasteiger partial charge in [-0.05, 0) is 77.0 Å². The van der Waals surface area contributed by atoms with E-state index in [2.05, 4.69) is 88.6 Å². The Morgan fingerprint density at radius 2 is 1.66 bits per heavy atom. The zero-order chi connectivity index (χ0) is 22.4. The number of thiol groups is 1. The molecule has 5 heteroatoms. The maximum absolute atomic E-state index is 8.66. The molecule has 1 aliphatic rings. The molecule has 1 aliphatic heterocycles. The molecule has 0 atom stereocenters. The fraction of sp³-hybridized carbons (Fsp3) is 0.750. The first kappa shape index (κ1) is 25.8. The zero-order valence-electron chi connectivity index (χ0n) is 19.9. The lowest BCUT2D eigenvalue weighted by atomic mass is 9.76. The van der Waals surface area contributed by atoms with Crippen molar-refractivity contribution in [3.63, 3.8) is 0 Å². The van der Waals surface area contributed by atoms with Gasteiger partial charge in [0.15, 0.2) is 0 Å². The lowest BCUT2D eigenvalue weighted by molar-refractivity contribution is 0.198. The number of allylic oxidation sites excluding steroid dienone is 2. The normalized spacial score (nSPS) is 16.2. The quantitative estimate of drug-likeness (QED) is 0.197. The molecule has 0 spiro atoms. The fourth-order valence-corrected chi connectivity index (χ4v) is 4.12. The van der Waals surface area contributed by atoms with Crippen LogP contribution in [0.1, 0.15) is 80.6 Å². The molecular formula is C24H44N4S. The molecule has 0 amide bonds. The molecule has 1 rings (SSSR count). The number of rotatable bonds is 9. The van der Waals surface area contributed by atoms with E-state index in [-0.39, 0.29) is 11.0 Å². The van der Waals surface area contributed by atoms with Crippen LogP contribution in [0.4, 0.5) is 0 Å². The van der Waals surface area contributed by atoms with Crippen molar-refractivity contribution >= 4 is 24.4 Å². The van der Waals surface area contributed by atoms with Gasteiger partial charge in [0.2, 0.25) is 0 Å². The van der Waals surface area contributed by atoms with Crippen molar-refractivity contribution in [1.29, 1.82) is 5.41 Å². The SMILES string of the molecule is C=C(CCC(C)(C)C(=C)C(C)C)N(C/C(=N/S)C(=N)N1CCCCC1)C(C)(C)C. The predicted molar refractivity (Wildman–Crippen MR) is 132 cm³/mol. The van der Waals surface area contributed by atoms with Crippen LogP contribution >= 0.6 is 12.8 Å². The number of nitrogens with zero attached hydrogens (tertiary/aromatic N) is 3. The summed E-state index contributed by atoms with van der Waals surface area (Å²) in [7, 11) is 0. The van der Waals surface area contributed by atoms with Crippen LogP contribution in [-0.2, 0) is 0 Å². The van der Waals surface area contributed by atoms with Crippen molar-refractivity contribution in [1.82, 2.24) is 9.80 Å². The third-order valence-corrected chi connectivity index (χ3v) is 6.41. The Hall–Kier alpha value is -1.23. The van der Waals surface area contributed by atoms with Gasteiger partial charge in [0, 0.05) is 24.3 Å². The first-order chi connectivity index (χ1) is 13.3. The molecule has 29 heavy (non-hydrogen) atoms. The molecule has 0 saturated carbocycles. The highest BCUT2D eigenvalue weighted by atomic mass is 32.1. The Bertz CT molecular complexity index is 619. The molecule has 1 saturated heterocycles. The highest BCUT2D eigenvalue weighted by Crippen LogP contribution is 2.37. The molecule has 0 unspecified atom stereocenters. The van der Waals surface area contributed by atoms with Crippen LogP contribution in [0, 0.1) is 16.7 Å². The van der Waals surface area contributed by atoms with Gasteiger partial charge in [-0.3, -0.25) is 5.41 Å². The first-order valence-electron chi connectivity index (χ1n) is 11.0. The zero-order valence-corrected chi connectivity index (χ0v) is 20.8. The van der Waals surface area contributed by atoms with Crippen molar-refractivity contribution in [2.45, 2.75) is 86.1 Å². The van der Waals surface area contributed by atoms with Crippen molar-refractivity contribution in [3.8, 4) is 0 Å². The first-order valence-corrected chi connectivity index (χ1v) is 11.4. The summed E-state index contributed by atoms with van der Waals surface area (Å²) in [6.45, 7) is 26.7. The van der Waals surface area contributed by atoms with Crippen LogP contribution in [-0.4, -0.2) is 46.5 Å². The van der Waals surface area contributed by atoms with Gasteiger partial charge in [-0.2, -0.15) is 0 Å². The summed E-state index contributed by atoms with van der Waals surface area (Å²) in [4.78, 5) is 4.42.